The monoisotopic (exact) mass is 252 g/mol. The SMILES string of the molecule is NC1CC[C@H]2CN(C(=O)c3cnns3)C[C@H]2C1. The molecule has 17 heavy (non-hydrogen) atoms. The fourth-order valence-corrected chi connectivity index (χ4v) is 3.53. The zero-order valence-corrected chi connectivity index (χ0v) is 10.4. The van der Waals surface area contributed by atoms with Gasteiger partial charge in [0.15, 0.2) is 0 Å². The molecule has 3 rings (SSSR count). The van der Waals surface area contributed by atoms with Crippen molar-refractivity contribution in [2.75, 3.05) is 13.1 Å². The van der Waals surface area contributed by atoms with E-state index in [1.807, 2.05) is 4.90 Å². The lowest BCUT2D eigenvalue weighted by Gasteiger charge is -2.27. The van der Waals surface area contributed by atoms with Crippen LogP contribution >= 0.6 is 11.5 Å². The third kappa shape index (κ3) is 2.07. The Morgan fingerprint density at radius 1 is 1.41 bits per heavy atom. The standard InChI is InChI=1S/C11H16N4OS/c12-9-2-1-7-5-15(6-8(7)3-9)11(16)10-4-13-14-17-10/h4,7-9H,1-3,5-6,12H2/t7-,8+,9?/m0/s1. The molecule has 2 aliphatic rings. The van der Waals surface area contributed by atoms with Crippen molar-refractivity contribution < 1.29 is 4.79 Å². The number of carbonyl (C=O) groups is 1. The summed E-state index contributed by atoms with van der Waals surface area (Å²) in [5.41, 5.74) is 5.99. The zero-order chi connectivity index (χ0) is 11.8. The minimum Gasteiger partial charge on any atom is -0.337 e. The summed E-state index contributed by atoms with van der Waals surface area (Å²) in [5.74, 6) is 1.34. The van der Waals surface area contributed by atoms with Crippen LogP contribution in [-0.2, 0) is 0 Å². The van der Waals surface area contributed by atoms with Gasteiger partial charge in [0.25, 0.3) is 5.91 Å². The van der Waals surface area contributed by atoms with E-state index in [-0.39, 0.29) is 5.91 Å². The third-order valence-corrected chi connectivity index (χ3v) is 4.60. The van der Waals surface area contributed by atoms with Crippen molar-refractivity contribution in [3.63, 3.8) is 0 Å². The molecule has 0 aromatic carbocycles. The molecule has 6 heteroatoms. The number of nitrogens with two attached hydrogens (primary N) is 1. The third-order valence-electron chi connectivity index (χ3n) is 3.95. The van der Waals surface area contributed by atoms with Crippen molar-refractivity contribution in [1.29, 1.82) is 0 Å². The van der Waals surface area contributed by atoms with Gasteiger partial charge in [-0.3, -0.25) is 4.79 Å². The van der Waals surface area contributed by atoms with Gasteiger partial charge in [-0.05, 0) is 42.6 Å². The summed E-state index contributed by atoms with van der Waals surface area (Å²) in [5, 5.41) is 3.72. The first kappa shape index (κ1) is 11.1. The average Bonchev–Trinajstić information content (AvgIpc) is 2.96. The maximum Gasteiger partial charge on any atom is 0.267 e. The molecule has 1 aromatic heterocycles. The number of rotatable bonds is 1. The number of aromatic nitrogens is 2. The first-order valence-electron chi connectivity index (χ1n) is 6.06. The molecule has 2 N–H and O–H groups in total. The van der Waals surface area contributed by atoms with E-state index in [0.29, 0.717) is 22.8 Å². The van der Waals surface area contributed by atoms with E-state index in [4.69, 9.17) is 5.73 Å². The van der Waals surface area contributed by atoms with Crippen molar-refractivity contribution in [3.05, 3.63) is 11.1 Å². The van der Waals surface area contributed by atoms with E-state index in [9.17, 15) is 4.79 Å². The minimum absolute atomic E-state index is 0.0861. The molecule has 1 aliphatic carbocycles. The Morgan fingerprint density at radius 2 is 2.24 bits per heavy atom. The highest BCUT2D eigenvalue weighted by Crippen LogP contribution is 2.36. The molecule has 1 saturated carbocycles. The lowest BCUT2D eigenvalue weighted by Crippen LogP contribution is -2.32. The van der Waals surface area contributed by atoms with Gasteiger partial charge < -0.3 is 10.6 Å². The molecule has 2 heterocycles. The molecule has 3 atom stereocenters. The fraction of sp³-hybridized carbons (Fsp3) is 0.727. The van der Waals surface area contributed by atoms with Crippen LogP contribution in [0.25, 0.3) is 0 Å². The Labute approximate surface area is 104 Å². The predicted molar refractivity (Wildman–Crippen MR) is 64.6 cm³/mol. The minimum atomic E-state index is 0.0861. The fourth-order valence-electron chi connectivity index (χ4n) is 3.05. The summed E-state index contributed by atoms with van der Waals surface area (Å²) in [7, 11) is 0. The van der Waals surface area contributed by atoms with Crippen LogP contribution in [0.5, 0.6) is 0 Å². The molecular weight excluding hydrogens is 236 g/mol. The summed E-state index contributed by atoms with van der Waals surface area (Å²) in [6.07, 6.45) is 4.89. The van der Waals surface area contributed by atoms with Crippen molar-refractivity contribution >= 4 is 17.4 Å². The second kappa shape index (κ2) is 4.34. The maximum atomic E-state index is 12.2. The quantitative estimate of drug-likeness (QED) is 0.800. The molecular formula is C11H16N4OS. The lowest BCUT2D eigenvalue weighted by molar-refractivity contribution is 0.0788. The predicted octanol–water partition coefficient (Wildman–Crippen LogP) is 0.737. The first-order valence-corrected chi connectivity index (χ1v) is 6.83. The highest BCUT2D eigenvalue weighted by atomic mass is 32.1. The van der Waals surface area contributed by atoms with Crippen LogP contribution in [0.15, 0.2) is 6.20 Å². The number of likely N-dealkylation sites (tertiary alicyclic amines) is 1. The van der Waals surface area contributed by atoms with Gasteiger partial charge in [0, 0.05) is 19.1 Å². The molecule has 0 radical (unpaired) electrons. The van der Waals surface area contributed by atoms with Gasteiger partial charge in [-0.2, -0.15) is 0 Å². The number of hydrogen-bond acceptors (Lipinski definition) is 5. The molecule has 1 saturated heterocycles. The van der Waals surface area contributed by atoms with Crippen molar-refractivity contribution in [2.24, 2.45) is 17.6 Å². The van der Waals surface area contributed by atoms with Crippen LogP contribution in [-0.4, -0.2) is 39.5 Å². The normalized spacial score (nSPS) is 32.5. The Kier molecular flexibility index (Phi) is 2.84. The number of nitrogens with zero attached hydrogens (tertiary/aromatic N) is 3. The molecule has 1 aliphatic heterocycles. The van der Waals surface area contributed by atoms with E-state index < -0.39 is 0 Å². The van der Waals surface area contributed by atoms with Crippen LogP contribution in [0.3, 0.4) is 0 Å². The highest BCUT2D eigenvalue weighted by Gasteiger charge is 2.39. The van der Waals surface area contributed by atoms with E-state index >= 15 is 0 Å². The average molecular weight is 252 g/mol. The van der Waals surface area contributed by atoms with E-state index in [1.165, 1.54) is 11.5 Å². The maximum absolute atomic E-state index is 12.2. The van der Waals surface area contributed by atoms with Crippen molar-refractivity contribution in [2.45, 2.75) is 25.3 Å². The summed E-state index contributed by atoms with van der Waals surface area (Å²) >= 11 is 1.17. The number of amides is 1. The summed E-state index contributed by atoms with van der Waals surface area (Å²) in [6.45, 7) is 1.74. The molecule has 1 aromatic rings. The van der Waals surface area contributed by atoms with Gasteiger partial charge in [-0.25, -0.2) is 0 Å². The van der Waals surface area contributed by atoms with E-state index in [0.717, 1.165) is 32.4 Å². The molecule has 1 unspecified atom stereocenters. The largest absolute Gasteiger partial charge is 0.337 e. The molecule has 5 nitrogen and oxygen atoms in total. The van der Waals surface area contributed by atoms with Crippen LogP contribution in [0.4, 0.5) is 0 Å². The van der Waals surface area contributed by atoms with Gasteiger partial charge in [0.2, 0.25) is 0 Å². The van der Waals surface area contributed by atoms with Crippen LogP contribution < -0.4 is 5.73 Å². The summed E-state index contributed by atoms with van der Waals surface area (Å²) in [6, 6.07) is 0.330. The zero-order valence-electron chi connectivity index (χ0n) is 9.58. The van der Waals surface area contributed by atoms with Gasteiger partial charge in [0.05, 0.1) is 6.20 Å². The van der Waals surface area contributed by atoms with E-state index in [2.05, 4.69) is 9.59 Å². The topological polar surface area (TPSA) is 72.1 Å². The van der Waals surface area contributed by atoms with Crippen molar-refractivity contribution in [1.82, 2.24) is 14.5 Å². The molecule has 1 amide bonds. The Balaban J connectivity index is 1.69. The first-order chi connectivity index (χ1) is 8.24. The smallest absolute Gasteiger partial charge is 0.267 e. The van der Waals surface area contributed by atoms with E-state index in [1.54, 1.807) is 6.20 Å². The van der Waals surface area contributed by atoms with Gasteiger partial charge in [0.1, 0.15) is 4.88 Å². The van der Waals surface area contributed by atoms with Crippen molar-refractivity contribution in [3.8, 4) is 0 Å². The molecule has 92 valence electrons. The summed E-state index contributed by atoms with van der Waals surface area (Å²) in [4.78, 5) is 14.8. The Morgan fingerprint density at radius 3 is 3.00 bits per heavy atom. The van der Waals surface area contributed by atoms with Crippen LogP contribution in [0, 0.1) is 11.8 Å². The van der Waals surface area contributed by atoms with Gasteiger partial charge >= 0.3 is 0 Å². The summed E-state index contributed by atoms with van der Waals surface area (Å²) < 4.78 is 3.74. The molecule has 0 spiro atoms. The van der Waals surface area contributed by atoms with Gasteiger partial charge in [-0.1, -0.05) is 4.49 Å². The number of carbonyl (C=O) groups excluding carboxylic acids is 1. The highest BCUT2D eigenvalue weighted by molar-refractivity contribution is 7.07. The van der Waals surface area contributed by atoms with Crippen LogP contribution in [0.1, 0.15) is 28.9 Å². The lowest BCUT2D eigenvalue weighted by atomic mass is 9.79. The number of fused-ring (bicyclic) bond motifs is 1. The Hall–Kier alpha value is -1.01. The van der Waals surface area contributed by atoms with Crippen LogP contribution in [0.2, 0.25) is 0 Å². The molecule has 0 bridgehead atoms. The second-order valence-electron chi connectivity index (χ2n) is 5.09. The molecule has 2 fully saturated rings. The second-order valence-corrected chi connectivity index (χ2v) is 5.87. The Bertz CT molecular complexity index is 408. The number of hydrogen-bond donors (Lipinski definition) is 1. The van der Waals surface area contributed by atoms with Gasteiger partial charge in [-0.15, -0.1) is 5.10 Å².